The Morgan fingerprint density at radius 2 is 0.760 bits per heavy atom. The number of carbonyl (C=O) groups excluding carboxylic acids is 2. The first-order valence-corrected chi connectivity index (χ1v) is 19.3. The molecular formula is C42H84N2O6. The van der Waals surface area contributed by atoms with Crippen LogP contribution in [0.5, 0.6) is 0 Å². The van der Waals surface area contributed by atoms with Crippen molar-refractivity contribution < 1.29 is 28.5 Å². The molecular weight excluding hydrogens is 628 g/mol. The van der Waals surface area contributed by atoms with Gasteiger partial charge in [0.2, 0.25) is 11.8 Å². The van der Waals surface area contributed by atoms with E-state index in [2.05, 4.69) is 149 Å². The molecule has 0 spiro atoms. The molecule has 0 aromatic heterocycles. The lowest BCUT2D eigenvalue weighted by atomic mass is 9.74. The average Bonchev–Trinajstić information content (AvgIpc) is 2.90. The minimum absolute atomic E-state index is 0.00258. The van der Waals surface area contributed by atoms with E-state index in [1.54, 1.807) is 0 Å². The third-order valence-electron chi connectivity index (χ3n) is 11.6. The second kappa shape index (κ2) is 18.7. The fourth-order valence-electron chi connectivity index (χ4n) is 4.96. The van der Waals surface area contributed by atoms with E-state index in [-0.39, 0.29) is 56.9 Å². The fraction of sp³-hybridized carbons (Fsp3) is 0.952. The van der Waals surface area contributed by atoms with E-state index in [1.807, 2.05) is 0 Å². The molecule has 0 aliphatic carbocycles. The number of rotatable bonds is 23. The molecule has 0 saturated heterocycles. The summed E-state index contributed by atoms with van der Waals surface area (Å²) in [4.78, 5) is 25.8. The van der Waals surface area contributed by atoms with Gasteiger partial charge in [-0.2, -0.15) is 0 Å². The molecule has 0 aliphatic rings. The van der Waals surface area contributed by atoms with Gasteiger partial charge in [-0.3, -0.25) is 9.59 Å². The van der Waals surface area contributed by atoms with Crippen molar-refractivity contribution in [2.24, 2.45) is 22.7 Å². The zero-order valence-electron chi connectivity index (χ0n) is 36.7. The van der Waals surface area contributed by atoms with E-state index in [9.17, 15) is 9.59 Å². The first-order valence-electron chi connectivity index (χ1n) is 19.3. The highest BCUT2D eigenvalue weighted by Gasteiger charge is 2.41. The Hall–Kier alpha value is -1.22. The molecule has 8 nitrogen and oxygen atoms in total. The minimum atomic E-state index is -0.434. The quantitative estimate of drug-likeness (QED) is 0.103. The largest absolute Gasteiger partial charge is 0.376 e. The van der Waals surface area contributed by atoms with Gasteiger partial charge < -0.3 is 29.6 Å². The van der Waals surface area contributed by atoms with E-state index in [0.717, 1.165) is 12.8 Å². The Balaban J connectivity index is 4.74. The molecule has 0 aliphatic heterocycles. The van der Waals surface area contributed by atoms with Crippen LogP contribution in [0.25, 0.3) is 0 Å². The van der Waals surface area contributed by atoms with Crippen LogP contribution in [-0.4, -0.2) is 71.7 Å². The summed E-state index contributed by atoms with van der Waals surface area (Å²) in [5, 5.41) is 6.43. The summed E-state index contributed by atoms with van der Waals surface area (Å²) in [7, 11) is 0. The first kappa shape index (κ1) is 48.8. The van der Waals surface area contributed by atoms with Crippen LogP contribution in [0.2, 0.25) is 0 Å². The third-order valence-corrected chi connectivity index (χ3v) is 11.6. The van der Waals surface area contributed by atoms with Gasteiger partial charge in [0.25, 0.3) is 0 Å². The molecule has 8 heteroatoms. The SMILES string of the molecule is CC(COC(C)(C)C(C)(C)CCOC(C)(C)C)C(C)(C)NC(=O)CCCCC(=O)NC(C)(C)C(C)COC(C)(C)C(C)(C)CCOC(C)(C)C. The summed E-state index contributed by atoms with van der Waals surface area (Å²) < 4.78 is 24.9. The lowest BCUT2D eigenvalue weighted by Crippen LogP contribution is -2.51. The Bertz CT molecular complexity index is 948. The van der Waals surface area contributed by atoms with Gasteiger partial charge in [-0.05, 0) is 133 Å². The highest BCUT2D eigenvalue weighted by atomic mass is 16.5. The number of hydrogen-bond acceptors (Lipinski definition) is 6. The Morgan fingerprint density at radius 1 is 0.480 bits per heavy atom. The van der Waals surface area contributed by atoms with E-state index in [0.29, 0.717) is 52.1 Å². The summed E-state index contributed by atoms with van der Waals surface area (Å²) in [5.41, 5.74) is -2.09. The molecule has 2 amide bonds. The van der Waals surface area contributed by atoms with Gasteiger partial charge in [-0.15, -0.1) is 0 Å². The standard InChI is InChI=1S/C42H84N2O6/c1-31(29-49-41(17,18)37(9,10)25-27-47-35(3,4)5)39(13,14)43-33(45)23-21-22-24-34(46)44-40(15,16)32(2)30-50-42(19,20)38(11,12)26-28-48-36(6,7)8/h31-32H,21-30H2,1-20H3,(H,43,45)(H,44,46). The van der Waals surface area contributed by atoms with Gasteiger partial charge in [-0.25, -0.2) is 0 Å². The predicted molar refractivity (Wildman–Crippen MR) is 210 cm³/mol. The predicted octanol–water partition coefficient (Wildman–Crippen LogP) is 9.66. The van der Waals surface area contributed by atoms with E-state index in [4.69, 9.17) is 18.9 Å². The maximum Gasteiger partial charge on any atom is 0.220 e. The van der Waals surface area contributed by atoms with Gasteiger partial charge in [0.1, 0.15) is 0 Å². The Morgan fingerprint density at radius 3 is 1.02 bits per heavy atom. The topological polar surface area (TPSA) is 95.1 Å². The number of amides is 2. The molecule has 0 aromatic rings. The van der Waals surface area contributed by atoms with Crippen LogP contribution in [0.3, 0.4) is 0 Å². The zero-order chi connectivity index (χ0) is 39.6. The summed E-state index contributed by atoms with van der Waals surface area (Å²) in [6.45, 7) is 44.8. The minimum Gasteiger partial charge on any atom is -0.376 e. The van der Waals surface area contributed by atoms with Gasteiger partial charge in [0, 0.05) is 49.0 Å². The van der Waals surface area contributed by atoms with Crippen molar-refractivity contribution in [1.29, 1.82) is 0 Å². The molecule has 0 fully saturated rings. The van der Waals surface area contributed by atoms with Gasteiger partial charge in [-0.1, -0.05) is 41.5 Å². The number of carbonyl (C=O) groups is 2. The molecule has 298 valence electrons. The van der Waals surface area contributed by atoms with Crippen molar-refractivity contribution in [1.82, 2.24) is 10.6 Å². The summed E-state index contributed by atoms with van der Waals surface area (Å²) >= 11 is 0. The molecule has 0 heterocycles. The lowest BCUT2D eigenvalue weighted by Gasteiger charge is -2.44. The number of unbranched alkanes of at least 4 members (excludes halogenated alkanes) is 1. The highest BCUT2D eigenvalue weighted by molar-refractivity contribution is 5.78. The Kier molecular flexibility index (Phi) is 18.2. The van der Waals surface area contributed by atoms with E-state index >= 15 is 0 Å². The maximum absolute atomic E-state index is 12.9. The van der Waals surface area contributed by atoms with Gasteiger partial charge in [0.05, 0.1) is 35.6 Å². The van der Waals surface area contributed by atoms with Crippen molar-refractivity contribution in [2.75, 3.05) is 26.4 Å². The number of nitrogens with one attached hydrogen (secondary N) is 2. The second-order valence-electron chi connectivity index (χ2n) is 20.4. The second-order valence-corrected chi connectivity index (χ2v) is 20.4. The van der Waals surface area contributed by atoms with Crippen LogP contribution in [0.1, 0.15) is 177 Å². The molecule has 0 radical (unpaired) electrons. The smallest absolute Gasteiger partial charge is 0.220 e. The van der Waals surface area contributed by atoms with Crippen LogP contribution < -0.4 is 10.6 Å². The third kappa shape index (κ3) is 18.0. The van der Waals surface area contributed by atoms with Crippen molar-refractivity contribution in [3.05, 3.63) is 0 Å². The molecule has 2 unspecified atom stereocenters. The average molecular weight is 713 g/mol. The van der Waals surface area contributed by atoms with Gasteiger partial charge in [0.15, 0.2) is 0 Å². The van der Waals surface area contributed by atoms with E-state index in [1.165, 1.54) is 0 Å². The first-order chi connectivity index (χ1) is 22.2. The van der Waals surface area contributed by atoms with Crippen LogP contribution >= 0.6 is 0 Å². The summed E-state index contributed by atoms with van der Waals surface area (Å²) in [5.74, 6) is 0.210. The lowest BCUT2D eigenvalue weighted by molar-refractivity contribution is -0.133. The Labute approximate surface area is 310 Å². The van der Waals surface area contributed by atoms with Crippen LogP contribution in [0.4, 0.5) is 0 Å². The van der Waals surface area contributed by atoms with Crippen LogP contribution in [0.15, 0.2) is 0 Å². The molecule has 0 aromatic carbocycles. The molecule has 2 N–H and O–H groups in total. The van der Waals surface area contributed by atoms with Crippen molar-refractivity contribution in [3.63, 3.8) is 0 Å². The molecule has 50 heavy (non-hydrogen) atoms. The monoisotopic (exact) mass is 713 g/mol. The molecule has 0 bridgehead atoms. The highest BCUT2D eigenvalue weighted by Crippen LogP contribution is 2.39. The van der Waals surface area contributed by atoms with Crippen molar-refractivity contribution in [2.45, 2.75) is 210 Å². The maximum atomic E-state index is 12.9. The number of ether oxygens (including phenoxy) is 4. The van der Waals surface area contributed by atoms with Crippen molar-refractivity contribution >= 4 is 11.8 Å². The molecule has 0 rings (SSSR count). The normalized spacial score (nSPS) is 15.5. The van der Waals surface area contributed by atoms with Gasteiger partial charge >= 0.3 is 0 Å². The summed E-state index contributed by atoms with van der Waals surface area (Å²) in [6.07, 6.45) is 3.85. The zero-order valence-corrected chi connectivity index (χ0v) is 36.7. The molecule has 2 atom stereocenters. The fourth-order valence-corrected chi connectivity index (χ4v) is 4.96. The summed E-state index contributed by atoms with van der Waals surface area (Å²) in [6, 6.07) is 0. The molecule has 0 saturated carbocycles. The van der Waals surface area contributed by atoms with E-state index < -0.39 is 11.1 Å². The number of hydrogen-bond donors (Lipinski definition) is 2. The van der Waals surface area contributed by atoms with Crippen LogP contribution in [0, 0.1) is 22.7 Å². The van der Waals surface area contributed by atoms with Crippen LogP contribution in [-0.2, 0) is 28.5 Å². The van der Waals surface area contributed by atoms with Crippen molar-refractivity contribution in [3.8, 4) is 0 Å².